The second kappa shape index (κ2) is 5.58. The van der Waals surface area contributed by atoms with E-state index in [1.807, 2.05) is 38.2 Å². The van der Waals surface area contributed by atoms with Crippen LogP contribution in [0.4, 0.5) is 17.8 Å². The van der Waals surface area contributed by atoms with Crippen molar-refractivity contribution in [1.82, 2.24) is 15.0 Å². The summed E-state index contributed by atoms with van der Waals surface area (Å²) in [5.74, 6) is 1.30. The molecule has 102 valence electrons. The van der Waals surface area contributed by atoms with Gasteiger partial charge in [-0.1, -0.05) is 11.6 Å². The van der Waals surface area contributed by atoms with Crippen molar-refractivity contribution in [3.8, 4) is 0 Å². The normalized spacial score (nSPS) is 10.5. The molecule has 2 N–H and O–H groups in total. The molecule has 2 heterocycles. The van der Waals surface area contributed by atoms with Gasteiger partial charge < -0.3 is 15.5 Å². The van der Waals surface area contributed by atoms with Crippen LogP contribution in [-0.2, 0) is 6.54 Å². The van der Waals surface area contributed by atoms with Crippen molar-refractivity contribution >= 4 is 40.8 Å². The SMILES string of the molecule is CN(C)c1nc(N)nc(N(C)Cc2ccc(Cl)s2)n1. The molecule has 8 heteroatoms. The van der Waals surface area contributed by atoms with Crippen LogP contribution in [0.3, 0.4) is 0 Å². The van der Waals surface area contributed by atoms with E-state index in [2.05, 4.69) is 15.0 Å². The molecule has 0 aromatic carbocycles. The monoisotopic (exact) mass is 298 g/mol. The van der Waals surface area contributed by atoms with Crippen molar-refractivity contribution in [3.63, 3.8) is 0 Å². The van der Waals surface area contributed by atoms with Crippen LogP contribution in [-0.4, -0.2) is 36.1 Å². The smallest absolute Gasteiger partial charge is 0.232 e. The number of rotatable bonds is 4. The van der Waals surface area contributed by atoms with Gasteiger partial charge in [0, 0.05) is 26.0 Å². The Hall–Kier alpha value is -1.60. The van der Waals surface area contributed by atoms with E-state index < -0.39 is 0 Å². The zero-order valence-electron chi connectivity index (χ0n) is 11.0. The summed E-state index contributed by atoms with van der Waals surface area (Å²) in [6.45, 7) is 0.674. The number of halogens is 1. The first kappa shape index (κ1) is 13.8. The topological polar surface area (TPSA) is 71.2 Å². The molecule has 2 aromatic heterocycles. The summed E-state index contributed by atoms with van der Waals surface area (Å²) in [4.78, 5) is 17.4. The van der Waals surface area contributed by atoms with Crippen LogP contribution < -0.4 is 15.5 Å². The summed E-state index contributed by atoms with van der Waals surface area (Å²) < 4.78 is 0.771. The number of aromatic nitrogens is 3. The zero-order chi connectivity index (χ0) is 14.0. The van der Waals surface area contributed by atoms with Crippen LogP contribution in [0.5, 0.6) is 0 Å². The molecule has 0 aliphatic heterocycles. The van der Waals surface area contributed by atoms with Gasteiger partial charge in [-0.3, -0.25) is 0 Å². The third kappa shape index (κ3) is 3.45. The highest BCUT2D eigenvalue weighted by molar-refractivity contribution is 7.16. The molecule has 0 aliphatic carbocycles. The number of hydrogen-bond donors (Lipinski definition) is 1. The Morgan fingerprint density at radius 3 is 2.42 bits per heavy atom. The maximum atomic E-state index is 5.91. The zero-order valence-corrected chi connectivity index (χ0v) is 12.5. The number of thiophene rings is 1. The molecule has 0 aliphatic rings. The van der Waals surface area contributed by atoms with Crippen molar-refractivity contribution in [2.45, 2.75) is 6.54 Å². The Morgan fingerprint density at radius 2 is 1.84 bits per heavy atom. The second-order valence-corrected chi connectivity index (χ2v) is 6.05. The minimum absolute atomic E-state index is 0.213. The first-order valence-electron chi connectivity index (χ1n) is 5.60. The van der Waals surface area contributed by atoms with Gasteiger partial charge in [-0.2, -0.15) is 15.0 Å². The Bertz CT molecular complexity index is 570. The molecular weight excluding hydrogens is 284 g/mol. The van der Waals surface area contributed by atoms with E-state index in [1.165, 1.54) is 11.3 Å². The van der Waals surface area contributed by atoms with Gasteiger partial charge in [0.1, 0.15) is 0 Å². The molecule has 0 radical (unpaired) electrons. The Balaban J connectivity index is 2.20. The summed E-state index contributed by atoms with van der Waals surface area (Å²) >= 11 is 7.45. The largest absolute Gasteiger partial charge is 0.368 e. The van der Waals surface area contributed by atoms with E-state index in [0.29, 0.717) is 18.4 Å². The molecule has 0 spiro atoms. The standard InChI is InChI=1S/C11H15ClN6S/c1-17(2)10-14-9(13)15-11(16-10)18(3)6-7-4-5-8(12)19-7/h4-5H,6H2,1-3H3,(H2,13,14,15,16). The molecule has 0 atom stereocenters. The van der Waals surface area contributed by atoms with Crippen LogP contribution in [0.2, 0.25) is 4.34 Å². The van der Waals surface area contributed by atoms with Gasteiger partial charge in [0.05, 0.1) is 10.9 Å². The van der Waals surface area contributed by atoms with Crippen LogP contribution in [0.1, 0.15) is 4.88 Å². The van der Waals surface area contributed by atoms with Gasteiger partial charge in [0.2, 0.25) is 17.8 Å². The first-order chi connectivity index (χ1) is 8.95. The molecule has 0 saturated carbocycles. The Labute approximate surface area is 120 Å². The predicted octanol–water partition coefficient (Wildman–Crippen LogP) is 1.87. The highest BCUT2D eigenvalue weighted by atomic mass is 35.5. The summed E-state index contributed by atoms with van der Waals surface area (Å²) in [6.07, 6.45) is 0. The number of nitrogens with two attached hydrogens (primary N) is 1. The summed E-state index contributed by atoms with van der Waals surface area (Å²) in [6, 6.07) is 3.86. The summed E-state index contributed by atoms with van der Waals surface area (Å²) in [5.41, 5.74) is 5.70. The fourth-order valence-electron chi connectivity index (χ4n) is 1.48. The lowest BCUT2D eigenvalue weighted by atomic mass is 10.4. The lowest BCUT2D eigenvalue weighted by Gasteiger charge is -2.18. The van der Waals surface area contributed by atoms with Crippen molar-refractivity contribution in [2.75, 3.05) is 36.7 Å². The highest BCUT2D eigenvalue weighted by Crippen LogP contribution is 2.23. The fourth-order valence-corrected chi connectivity index (χ4v) is 2.62. The third-order valence-corrected chi connectivity index (χ3v) is 3.61. The van der Waals surface area contributed by atoms with Gasteiger partial charge in [-0.15, -0.1) is 11.3 Å². The molecule has 2 rings (SSSR count). The third-order valence-electron chi connectivity index (χ3n) is 2.39. The molecular formula is C11H15ClN6S. The van der Waals surface area contributed by atoms with Gasteiger partial charge in [0.15, 0.2) is 0 Å². The van der Waals surface area contributed by atoms with Gasteiger partial charge in [-0.25, -0.2) is 0 Å². The molecule has 19 heavy (non-hydrogen) atoms. The number of anilines is 3. The minimum atomic E-state index is 0.213. The average Bonchev–Trinajstić information content (AvgIpc) is 2.73. The molecule has 2 aromatic rings. The molecule has 0 amide bonds. The maximum absolute atomic E-state index is 5.91. The Morgan fingerprint density at radius 1 is 1.16 bits per heavy atom. The number of hydrogen-bond acceptors (Lipinski definition) is 7. The predicted molar refractivity (Wildman–Crippen MR) is 80.0 cm³/mol. The second-order valence-electron chi connectivity index (χ2n) is 4.25. The van der Waals surface area contributed by atoms with E-state index in [9.17, 15) is 0 Å². The van der Waals surface area contributed by atoms with Crippen molar-refractivity contribution in [2.24, 2.45) is 0 Å². The number of nitrogens with zero attached hydrogens (tertiary/aromatic N) is 5. The lowest BCUT2D eigenvalue weighted by Crippen LogP contribution is -2.22. The first-order valence-corrected chi connectivity index (χ1v) is 6.79. The quantitative estimate of drug-likeness (QED) is 0.929. The van der Waals surface area contributed by atoms with Crippen molar-refractivity contribution in [1.29, 1.82) is 0 Å². The van der Waals surface area contributed by atoms with Gasteiger partial charge >= 0.3 is 0 Å². The van der Waals surface area contributed by atoms with Crippen LogP contribution in [0.15, 0.2) is 12.1 Å². The molecule has 0 bridgehead atoms. The van der Waals surface area contributed by atoms with E-state index in [0.717, 1.165) is 9.21 Å². The van der Waals surface area contributed by atoms with E-state index in [4.69, 9.17) is 17.3 Å². The van der Waals surface area contributed by atoms with Crippen LogP contribution in [0.25, 0.3) is 0 Å². The number of nitrogen functional groups attached to an aromatic ring is 1. The molecule has 6 nitrogen and oxygen atoms in total. The van der Waals surface area contributed by atoms with Crippen molar-refractivity contribution in [3.05, 3.63) is 21.3 Å². The Kier molecular flexibility index (Phi) is 4.06. The van der Waals surface area contributed by atoms with E-state index in [1.54, 1.807) is 4.90 Å². The van der Waals surface area contributed by atoms with Crippen LogP contribution in [0, 0.1) is 0 Å². The minimum Gasteiger partial charge on any atom is -0.368 e. The maximum Gasteiger partial charge on any atom is 0.232 e. The average molecular weight is 299 g/mol. The fraction of sp³-hybridized carbons (Fsp3) is 0.364. The highest BCUT2D eigenvalue weighted by Gasteiger charge is 2.11. The van der Waals surface area contributed by atoms with Crippen LogP contribution >= 0.6 is 22.9 Å². The molecule has 0 fully saturated rings. The molecule has 0 unspecified atom stereocenters. The van der Waals surface area contributed by atoms with E-state index in [-0.39, 0.29) is 5.95 Å². The lowest BCUT2D eigenvalue weighted by molar-refractivity contribution is 0.855. The van der Waals surface area contributed by atoms with Gasteiger partial charge in [0.25, 0.3) is 0 Å². The van der Waals surface area contributed by atoms with E-state index >= 15 is 0 Å². The summed E-state index contributed by atoms with van der Waals surface area (Å²) in [7, 11) is 5.62. The van der Waals surface area contributed by atoms with Gasteiger partial charge in [-0.05, 0) is 12.1 Å². The molecule has 0 saturated heterocycles. The summed E-state index contributed by atoms with van der Waals surface area (Å²) in [5, 5.41) is 0. The van der Waals surface area contributed by atoms with Crippen molar-refractivity contribution < 1.29 is 0 Å².